The molecular formula is C13H11Cl2FN2. The third-order valence-electron chi connectivity index (χ3n) is 2.59. The standard InChI is InChI=1S/C13H11Cl2FN2/c14-9-3-4-11(16)8(6-9)7-12(17)13-10(15)2-1-5-18-13/h1-6,12H,7,17H2. The van der Waals surface area contributed by atoms with E-state index in [0.29, 0.717) is 27.7 Å². The fraction of sp³-hybridized carbons (Fsp3) is 0.154. The average Bonchev–Trinajstić information content (AvgIpc) is 2.34. The van der Waals surface area contributed by atoms with Crippen LogP contribution in [0.5, 0.6) is 0 Å². The molecule has 0 radical (unpaired) electrons. The molecule has 18 heavy (non-hydrogen) atoms. The molecule has 2 rings (SSSR count). The molecule has 5 heteroatoms. The van der Waals surface area contributed by atoms with Crippen LogP contribution in [0.15, 0.2) is 36.5 Å². The van der Waals surface area contributed by atoms with Crippen LogP contribution in [0.2, 0.25) is 10.0 Å². The largest absolute Gasteiger partial charge is 0.322 e. The fourth-order valence-electron chi connectivity index (χ4n) is 1.70. The Bertz CT molecular complexity index is 560. The van der Waals surface area contributed by atoms with Gasteiger partial charge in [0.25, 0.3) is 0 Å². The summed E-state index contributed by atoms with van der Waals surface area (Å²) in [7, 11) is 0. The van der Waals surface area contributed by atoms with E-state index in [0.717, 1.165) is 0 Å². The van der Waals surface area contributed by atoms with Crippen LogP contribution in [0, 0.1) is 5.82 Å². The quantitative estimate of drug-likeness (QED) is 0.932. The first-order chi connectivity index (χ1) is 8.58. The summed E-state index contributed by atoms with van der Waals surface area (Å²) in [6.07, 6.45) is 1.90. The van der Waals surface area contributed by atoms with Gasteiger partial charge in [0.2, 0.25) is 0 Å². The Labute approximate surface area is 115 Å². The molecule has 0 aliphatic heterocycles. The van der Waals surface area contributed by atoms with Crippen molar-refractivity contribution < 1.29 is 4.39 Å². The summed E-state index contributed by atoms with van der Waals surface area (Å²) in [6.45, 7) is 0. The number of hydrogen-bond acceptors (Lipinski definition) is 2. The van der Waals surface area contributed by atoms with Crippen LogP contribution in [0.4, 0.5) is 4.39 Å². The lowest BCUT2D eigenvalue weighted by molar-refractivity contribution is 0.590. The molecule has 2 nitrogen and oxygen atoms in total. The van der Waals surface area contributed by atoms with Crippen molar-refractivity contribution >= 4 is 23.2 Å². The first-order valence-electron chi connectivity index (χ1n) is 5.38. The highest BCUT2D eigenvalue weighted by molar-refractivity contribution is 6.31. The normalized spacial score (nSPS) is 12.4. The van der Waals surface area contributed by atoms with Crippen molar-refractivity contribution in [2.45, 2.75) is 12.5 Å². The van der Waals surface area contributed by atoms with Gasteiger partial charge in [0, 0.05) is 11.2 Å². The number of benzene rings is 1. The van der Waals surface area contributed by atoms with Crippen LogP contribution in [-0.4, -0.2) is 4.98 Å². The number of aromatic nitrogens is 1. The third kappa shape index (κ3) is 2.99. The first kappa shape index (κ1) is 13.3. The molecule has 1 atom stereocenters. The molecule has 0 bridgehead atoms. The monoisotopic (exact) mass is 284 g/mol. The zero-order valence-electron chi connectivity index (χ0n) is 9.41. The number of halogens is 3. The van der Waals surface area contributed by atoms with Gasteiger partial charge in [0.1, 0.15) is 5.82 Å². The molecule has 0 aliphatic carbocycles. The second kappa shape index (κ2) is 5.65. The Kier molecular flexibility index (Phi) is 4.17. The van der Waals surface area contributed by atoms with Crippen molar-refractivity contribution in [1.82, 2.24) is 4.98 Å². The van der Waals surface area contributed by atoms with Gasteiger partial charge >= 0.3 is 0 Å². The Morgan fingerprint density at radius 2 is 2.06 bits per heavy atom. The second-order valence-electron chi connectivity index (χ2n) is 3.92. The minimum Gasteiger partial charge on any atom is -0.322 e. The van der Waals surface area contributed by atoms with E-state index in [-0.39, 0.29) is 5.82 Å². The van der Waals surface area contributed by atoms with E-state index in [1.54, 1.807) is 24.4 Å². The summed E-state index contributed by atoms with van der Waals surface area (Å²) in [5.41, 5.74) is 7.00. The smallest absolute Gasteiger partial charge is 0.126 e. The molecule has 2 aromatic rings. The number of nitrogens with two attached hydrogens (primary N) is 1. The molecule has 2 N–H and O–H groups in total. The average molecular weight is 285 g/mol. The lowest BCUT2D eigenvalue weighted by Gasteiger charge is -2.13. The van der Waals surface area contributed by atoms with Crippen molar-refractivity contribution in [3.05, 3.63) is 63.6 Å². The topological polar surface area (TPSA) is 38.9 Å². The SMILES string of the molecule is NC(Cc1cc(Cl)ccc1F)c1ncccc1Cl. The van der Waals surface area contributed by atoms with Crippen molar-refractivity contribution in [2.24, 2.45) is 5.73 Å². The Balaban J connectivity index is 2.24. The van der Waals surface area contributed by atoms with Gasteiger partial charge in [0.05, 0.1) is 16.8 Å². The summed E-state index contributed by atoms with van der Waals surface area (Å²) >= 11 is 11.8. The maximum atomic E-state index is 13.6. The molecule has 0 saturated heterocycles. The van der Waals surface area contributed by atoms with Crippen molar-refractivity contribution in [2.75, 3.05) is 0 Å². The Hall–Kier alpha value is -1.16. The van der Waals surface area contributed by atoms with Crippen LogP contribution in [0.25, 0.3) is 0 Å². The molecule has 0 saturated carbocycles. The lowest BCUT2D eigenvalue weighted by atomic mass is 10.0. The zero-order valence-corrected chi connectivity index (χ0v) is 10.9. The van der Waals surface area contributed by atoms with Gasteiger partial charge in [-0.1, -0.05) is 23.2 Å². The molecular weight excluding hydrogens is 274 g/mol. The summed E-state index contributed by atoms with van der Waals surface area (Å²) in [5.74, 6) is -0.332. The van der Waals surface area contributed by atoms with Crippen molar-refractivity contribution in [1.29, 1.82) is 0 Å². The molecule has 94 valence electrons. The fourth-order valence-corrected chi connectivity index (χ4v) is 2.16. The van der Waals surface area contributed by atoms with Crippen molar-refractivity contribution in [3.8, 4) is 0 Å². The van der Waals surface area contributed by atoms with Gasteiger partial charge in [-0.15, -0.1) is 0 Å². The molecule has 1 aromatic heterocycles. The van der Waals surface area contributed by atoms with Gasteiger partial charge in [-0.2, -0.15) is 0 Å². The lowest BCUT2D eigenvalue weighted by Crippen LogP contribution is -2.16. The Morgan fingerprint density at radius 1 is 1.28 bits per heavy atom. The summed E-state index contributed by atoms with van der Waals surface area (Å²) < 4.78 is 13.6. The molecule has 0 spiro atoms. The molecule has 1 unspecified atom stereocenters. The first-order valence-corrected chi connectivity index (χ1v) is 6.13. The summed E-state index contributed by atoms with van der Waals surface area (Å²) in [5, 5.41) is 0.957. The maximum absolute atomic E-state index is 13.6. The maximum Gasteiger partial charge on any atom is 0.126 e. The Morgan fingerprint density at radius 3 is 2.78 bits per heavy atom. The number of pyridine rings is 1. The van der Waals surface area contributed by atoms with E-state index in [4.69, 9.17) is 28.9 Å². The number of rotatable bonds is 3. The summed E-state index contributed by atoms with van der Waals surface area (Å²) in [4.78, 5) is 4.11. The zero-order chi connectivity index (χ0) is 13.1. The third-order valence-corrected chi connectivity index (χ3v) is 3.14. The van der Waals surface area contributed by atoms with Crippen LogP contribution in [0.3, 0.4) is 0 Å². The van der Waals surface area contributed by atoms with Crippen LogP contribution >= 0.6 is 23.2 Å². The van der Waals surface area contributed by atoms with Gasteiger partial charge in [0.15, 0.2) is 0 Å². The molecule has 1 heterocycles. The minimum atomic E-state index is -0.466. The second-order valence-corrected chi connectivity index (χ2v) is 4.76. The van der Waals surface area contributed by atoms with Crippen LogP contribution in [-0.2, 0) is 6.42 Å². The molecule has 1 aromatic carbocycles. The van der Waals surface area contributed by atoms with E-state index in [1.165, 1.54) is 12.1 Å². The molecule has 0 fully saturated rings. The highest BCUT2D eigenvalue weighted by Gasteiger charge is 2.14. The van der Waals surface area contributed by atoms with E-state index in [1.807, 2.05) is 0 Å². The van der Waals surface area contributed by atoms with Crippen LogP contribution < -0.4 is 5.73 Å². The molecule has 0 aliphatic rings. The van der Waals surface area contributed by atoms with E-state index in [9.17, 15) is 4.39 Å². The minimum absolute atomic E-state index is 0.295. The van der Waals surface area contributed by atoms with E-state index < -0.39 is 6.04 Å². The van der Waals surface area contributed by atoms with E-state index >= 15 is 0 Å². The predicted molar refractivity (Wildman–Crippen MR) is 71.3 cm³/mol. The van der Waals surface area contributed by atoms with Gasteiger partial charge in [-0.05, 0) is 42.3 Å². The highest BCUT2D eigenvalue weighted by Crippen LogP contribution is 2.24. The van der Waals surface area contributed by atoms with Gasteiger partial charge in [-0.25, -0.2) is 4.39 Å². The van der Waals surface area contributed by atoms with Gasteiger partial charge in [-0.3, -0.25) is 4.98 Å². The van der Waals surface area contributed by atoms with E-state index in [2.05, 4.69) is 4.98 Å². The van der Waals surface area contributed by atoms with Gasteiger partial charge < -0.3 is 5.73 Å². The molecule has 0 amide bonds. The number of hydrogen-bond donors (Lipinski definition) is 1. The van der Waals surface area contributed by atoms with Crippen molar-refractivity contribution in [3.63, 3.8) is 0 Å². The number of nitrogens with zero attached hydrogens (tertiary/aromatic N) is 1. The van der Waals surface area contributed by atoms with Crippen LogP contribution in [0.1, 0.15) is 17.3 Å². The summed E-state index contributed by atoms with van der Waals surface area (Å²) in [6, 6.07) is 7.35. The highest BCUT2D eigenvalue weighted by atomic mass is 35.5. The predicted octanol–water partition coefficient (Wildman–Crippen LogP) is 3.77.